The quantitative estimate of drug-likeness (QED) is 0.439. The highest BCUT2D eigenvalue weighted by Gasteiger charge is 2.39. The Morgan fingerprint density at radius 2 is 1.90 bits per heavy atom. The van der Waals surface area contributed by atoms with E-state index in [1.165, 1.54) is 0 Å². The molecule has 9 heteroatoms. The summed E-state index contributed by atoms with van der Waals surface area (Å²) in [6.45, 7) is 0. The summed E-state index contributed by atoms with van der Waals surface area (Å²) in [4.78, 5) is 11.0. The van der Waals surface area contributed by atoms with E-state index in [1.807, 2.05) is 0 Å². The van der Waals surface area contributed by atoms with Crippen LogP contribution in [0, 0.1) is 5.82 Å². The van der Waals surface area contributed by atoms with Crippen LogP contribution in [-0.4, -0.2) is 29.4 Å². The molecule has 4 N–H and O–H groups in total. The van der Waals surface area contributed by atoms with Crippen LogP contribution in [0.5, 0.6) is 0 Å². The summed E-state index contributed by atoms with van der Waals surface area (Å²) >= 11 is 0. The number of methoxy groups -OCH3 is 1. The number of halogens is 4. The van der Waals surface area contributed by atoms with Gasteiger partial charge in [-0.15, -0.1) is 0 Å². The van der Waals surface area contributed by atoms with E-state index in [1.54, 1.807) is 0 Å². The maximum Gasteiger partial charge on any atom is 0.416 e. The summed E-state index contributed by atoms with van der Waals surface area (Å²) < 4.78 is 55.7. The molecule has 0 radical (unpaired) electrons. The highest BCUT2D eigenvalue weighted by atomic mass is 19.4. The SMILES string of the molecule is COC(=O)C(O)C(O)c1cc(F)c(N)cc1C(F)(F)F. The molecule has 0 saturated heterocycles. The van der Waals surface area contributed by atoms with Gasteiger partial charge in [0.25, 0.3) is 0 Å². The third-order valence-corrected chi connectivity index (χ3v) is 2.53. The van der Waals surface area contributed by atoms with Crippen molar-refractivity contribution >= 4 is 11.7 Å². The molecule has 2 unspecified atom stereocenters. The number of aliphatic hydroxyl groups is 2. The Balaban J connectivity index is 3.36. The van der Waals surface area contributed by atoms with Crippen LogP contribution in [0.2, 0.25) is 0 Å². The molecular formula is C11H11F4NO4. The van der Waals surface area contributed by atoms with Gasteiger partial charge >= 0.3 is 12.1 Å². The first kappa shape index (κ1) is 16.2. The van der Waals surface area contributed by atoms with Crippen molar-refractivity contribution in [2.75, 3.05) is 12.8 Å². The van der Waals surface area contributed by atoms with Crippen LogP contribution in [0.3, 0.4) is 0 Å². The molecule has 0 spiro atoms. The summed E-state index contributed by atoms with van der Waals surface area (Å²) in [6.07, 6.45) is -9.55. The van der Waals surface area contributed by atoms with E-state index < -0.39 is 47.0 Å². The minimum Gasteiger partial charge on any atom is -0.467 e. The van der Waals surface area contributed by atoms with Crippen molar-refractivity contribution < 1.29 is 37.3 Å². The molecule has 1 aromatic rings. The molecule has 0 aliphatic heterocycles. The van der Waals surface area contributed by atoms with Crippen molar-refractivity contribution in [2.45, 2.75) is 18.4 Å². The normalized spacial score (nSPS) is 14.8. The molecule has 112 valence electrons. The predicted octanol–water partition coefficient (Wildman–Crippen LogP) is 0.994. The largest absolute Gasteiger partial charge is 0.467 e. The van der Waals surface area contributed by atoms with Crippen molar-refractivity contribution in [2.24, 2.45) is 0 Å². The van der Waals surface area contributed by atoms with Gasteiger partial charge < -0.3 is 20.7 Å². The number of aliphatic hydroxyl groups excluding tert-OH is 2. The number of carbonyl (C=O) groups excluding carboxylic acids is 1. The van der Waals surface area contributed by atoms with Crippen LogP contribution in [-0.2, 0) is 15.7 Å². The molecule has 0 aliphatic carbocycles. The van der Waals surface area contributed by atoms with Gasteiger partial charge in [0.15, 0.2) is 6.10 Å². The second-order valence-electron chi connectivity index (χ2n) is 3.87. The number of esters is 1. The zero-order valence-electron chi connectivity index (χ0n) is 10.1. The van der Waals surface area contributed by atoms with E-state index in [9.17, 15) is 32.6 Å². The van der Waals surface area contributed by atoms with Crippen LogP contribution >= 0.6 is 0 Å². The average Bonchev–Trinajstić information content (AvgIpc) is 2.37. The lowest BCUT2D eigenvalue weighted by molar-refractivity contribution is -0.158. The summed E-state index contributed by atoms with van der Waals surface area (Å²) in [5.41, 5.74) is 1.80. The minimum atomic E-state index is -4.95. The summed E-state index contributed by atoms with van der Waals surface area (Å²) in [5, 5.41) is 18.9. The second kappa shape index (κ2) is 5.63. The first-order valence-corrected chi connectivity index (χ1v) is 5.19. The highest BCUT2D eigenvalue weighted by molar-refractivity contribution is 5.75. The number of hydrogen-bond donors (Lipinski definition) is 3. The van der Waals surface area contributed by atoms with Gasteiger partial charge in [-0.25, -0.2) is 9.18 Å². The minimum absolute atomic E-state index is 0.276. The molecule has 5 nitrogen and oxygen atoms in total. The maximum absolute atomic E-state index is 13.3. The van der Waals surface area contributed by atoms with E-state index in [4.69, 9.17) is 5.73 Å². The number of anilines is 1. The highest BCUT2D eigenvalue weighted by Crippen LogP contribution is 2.37. The van der Waals surface area contributed by atoms with Crippen molar-refractivity contribution in [1.29, 1.82) is 0 Å². The maximum atomic E-state index is 13.3. The van der Waals surface area contributed by atoms with Crippen molar-refractivity contribution in [3.63, 3.8) is 0 Å². The Hall–Kier alpha value is -1.87. The topological polar surface area (TPSA) is 92.8 Å². The van der Waals surface area contributed by atoms with E-state index in [0.717, 1.165) is 7.11 Å². The van der Waals surface area contributed by atoms with Crippen LogP contribution in [0.1, 0.15) is 17.2 Å². The Bertz CT molecular complexity index is 518. The lowest BCUT2D eigenvalue weighted by Gasteiger charge is -2.21. The standard InChI is InChI=1S/C11H11F4NO4/c1-20-10(19)9(18)8(17)4-2-6(12)7(16)3-5(4)11(13,14)15/h2-3,8-9,17-18H,16H2,1H3. The molecule has 0 amide bonds. The number of carbonyl (C=O) groups is 1. The van der Waals surface area contributed by atoms with Crippen LogP contribution in [0.25, 0.3) is 0 Å². The Morgan fingerprint density at radius 1 is 1.35 bits per heavy atom. The first-order valence-electron chi connectivity index (χ1n) is 5.19. The van der Waals surface area contributed by atoms with Gasteiger partial charge in [0, 0.05) is 0 Å². The van der Waals surface area contributed by atoms with Gasteiger partial charge in [0.1, 0.15) is 11.9 Å². The summed E-state index contributed by atoms with van der Waals surface area (Å²) in [7, 11) is 0.868. The van der Waals surface area contributed by atoms with Crippen molar-refractivity contribution in [3.05, 3.63) is 29.1 Å². The third-order valence-electron chi connectivity index (χ3n) is 2.53. The monoisotopic (exact) mass is 297 g/mol. The Labute approximate surface area is 110 Å². The van der Waals surface area contributed by atoms with Gasteiger partial charge in [0.05, 0.1) is 18.4 Å². The number of hydrogen-bond acceptors (Lipinski definition) is 5. The average molecular weight is 297 g/mol. The third kappa shape index (κ3) is 3.17. The lowest BCUT2D eigenvalue weighted by Crippen LogP contribution is -2.30. The van der Waals surface area contributed by atoms with Crippen molar-refractivity contribution in [3.8, 4) is 0 Å². The lowest BCUT2D eigenvalue weighted by atomic mass is 9.97. The molecule has 1 rings (SSSR count). The molecule has 0 heterocycles. The van der Waals surface area contributed by atoms with Crippen LogP contribution in [0.15, 0.2) is 12.1 Å². The summed E-state index contributed by atoms with van der Waals surface area (Å²) in [5.74, 6) is -2.58. The molecule has 0 aromatic heterocycles. The zero-order chi connectivity index (χ0) is 15.7. The molecule has 0 aliphatic rings. The molecule has 20 heavy (non-hydrogen) atoms. The van der Waals surface area contributed by atoms with Crippen LogP contribution < -0.4 is 5.73 Å². The molecule has 0 saturated carbocycles. The number of ether oxygens (including phenoxy) is 1. The van der Waals surface area contributed by atoms with E-state index in [0.29, 0.717) is 6.07 Å². The number of nitrogens with two attached hydrogens (primary N) is 1. The van der Waals surface area contributed by atoms with E-state index in [-0.39, 0.29) is 6.07 Å². The Kier molecular flexibility index (Phi) is 4.56. The van der Waals surface area contributed by atoms with Crippen molar-refractivity contribution in [1.82, 2.24) is 0 Å². The Morgan fingerprint density at radius 3 is 2.35 bits per heavy atom. The van der Waals surface area contributed by atoms with Crippen LogP contribution in [0.4, 0.5) is 23.2 Å². The molecule has 0 bridgehead atoms. The number of rotatable bonds is 3. The van der Waals surface area contributed by atoms with E-state index >= 15 is 0 Å². The fourth-order valence-electron chi connectivity index (χ4n) is 1.52. The van der Waals surface area contributed by atoms with Gasteiger partial charge in [-0.1, -0.05) is 0 Å². The number of alkyl halides is 3. The van der Waals surface area contributed by atoms with Gasteiger partial charge in [-0.3, -0.25) is 0 Å². The summed E-state index contributed by atoms with van der Waals surface area (Å²) in [6, 6.07) is 0.590. The molecule has 1 aromatic carbocycles. The molecule has 2 atom stereocenters. The zero-order valence-corrected chi connectivity index (χ0v) is 10.1. The molecular weight excluding hydrogens is 286 g/mol. The number of nitrogen functional groups attached to an aromatic ring is 1. The number of benzene rings is 1. The smallest absolute Gasteiger partial charge is 0.416 e. The predicted molar refractivity (Wildman–Crippen MR) is 58.8 cm³/mol. The fraction of sp³-hybridized carbons (Fsp3) is 0.364. The fourth-order valence-corrected chi connectivity index (χ4v) is 1.52. The second-order valence-corrected chi connectivity index (χ2v) is 3.87. The van der Waals surface area contributed by atoms with Gasteiger partial charge in [-0.2, -0.15) is 13.2 Å². The van der Waals surface area contributed by atoms with Gasteiger partial charge in [0.2, 0.25) is 0 Å². The van der Waals surface area contributed by atoms with Gasteiger partial charge in [-0.05, 0) is 17.7 Å². The van der Waals surface area contributed by atoms with E-state index in [2.05, 4.69) is 4.74 Å². The first-order chi connectivity index (χ1) is 9.09. The molecule has 0 fully saturated rings.